The maximum Gasteiger partial charge on any atom is 0.376 e. The first-order valence-electron chi connectivity index (χ1n) is 4.80. The molecule has 82 valence electrons. The van der Waals surface area contributed by atoms with Crippen LogP contribution in [-0.4, -0.2) is 22.5 Å². The predicted molar refractivity (Wildman–Crippen MR) is 63.2 cm³/mol. The van der Waals surface area contributed by atoms with Crippen LogP contribution < -0.4 is 0 Å². The number of rotatable bonds is 2. The van der Waals surface area contributed by atoms with Gasteiger partial charge in [0.15, 0.2) is 0 Å². The third kappa shape index (κ3) is 2.19. The van der Waals surface area contributed by atoms with E-state index in [1.54, 1.807) is 13.1 Å². The zero-order chi connectivity index (χ0) is 11.5. The lowest BCUT2D eigenvalue weighted by atomic mass is 10.2. The van der Waals surface area contributed by atoms with E-state index in [0.717, 1.165) is 15.4 Å². The first kappa shape index (κ1) is 11.0. The maximum absolute atomic E-state index is 11.4. The number of carbonyl (C=O) groups is 1. The van der Waals surface area contributed by atoms with Crippen LogP contribution in [0.2, 0.25) is 0 Å². The molecule has 0 spiro atoms. The molecule has 0 radical (unpaired) electrons. The molecule has 0 saturated heterocycles. The number of hydrogen-bond acceptors (Lipinski definition) is 4. The Bertz CT molecular complexity index is 542. The van der Waals surface area contributed by atoms with Crippen LogP contribution >= 0.6 is 15.9 Å². The number of aromatic nitrogens is 2. The van der Waals surface area contributed by atoms with Gasteiger partial charge in [0.25, 0.3) is 0 Å². The van der Waals surface area contributed by atoms with Gasteiger partial charge < -0.3 is 4.74 Å². The second-order valence-corrected chi connectivity index (χ2v) is 4.03. The lowest BCUT2D eigenvalue weighted by Crippen LogP contribution is -2.09. The van der Waals surface area contributed by atoms with Crippen molar-refractivity contribution in [1.29, 1.82) is 0 Å². The van der Waals surface area contributed by atoms with E-state index in [9.17, 15) is 4.79 Å². The van der Waals surface area contributed by atoms with Crippen molar-refractivity contribution in [2.75, 3.05) is 6.61 Å². The highest BCUT2D eigenvalue weighted by atomic mass is 79.9. The van der Waals surface area contributed by atoms with Crippen molar-refractivity contribution >= 4 is 32.8 Å². The molecule has 0 unspecified atom stereocenters. The summed E-state index contributed by atoms with van der Waals surface area (Å²) in [6, 6.07) is 5.58. The summed E-state index contributed by atoms with van der Waals surface area (Å²) in [6.45, 7) is 2.07. The molecule has 1 heterocycles. The molecule has 5 heteroatoms. The third-order valence-electron chi connectivity index (χ3n) is 2.00. The Hall–Kier alpha value is -1.49. The number of esters is 1. The molecular weight excluding hydrogens is 272 g/mol. The molecule has 0 aliphatic heterocycles. The van der Waals surface area contributed by atoms with E-state index in [1.807, 2.05) is 18.2 Å². The Balaban J connectivity index is 2.44. The van der Waals surface area contributed by atoms with Crippen LogP contribution in [0.3, 0.4) is 0 Å². The molecule has 2 rings (SSSR count). The van der Waals surface area contributed by atoms with Gasteiger partial charge >= 0.3 is 5.97 Å². The summed E-state index contributed by atoms with van der Waals surface area (Å²) in [5.74, 6) is -0.399. The Morgan fingerprint density at radius 3 is 3.06 bits per heavy atom. The Morgan fingerprint density at radius 1 is 1.50 bits per heavy atom. The smallest absolute Gasteiger partial charge is 0.376 e. The third-order valence-corrected chi connectivity index (χ3v) is 2.49. The molecule has 0 aliphatic carbocycles. The van der Waals surface area contributed by atoms with Crippen molar-refractivity contribution in [2.24, 2.45) is 0 Å². The molecule has 0 fully saturated rings. The molecule has 4 nitrogen and oxygen atoms in total. The van der Waals surface area contributed by atoms with Crippen LogP contribution in [0, 0.1) is 0 Å². The van der Waals surface area contributed by atoms with E-state index >= 15 is 0 Å². The molecule has 1 aromatic carbocycles. The molecule has 1 aromatic heterocycles. The largest absolute Gasteiger partial charge is 0.460 e. The quantitative estimate of drug-likeness (QED) is 0.794. The zero-order valence-electron chi connectivity index (χ0n) is 8.61. The average molecular weight is 281 g/mol. The van der Waals surface area contributed by atoms with Gasteiger partial charge in [0.05, 0.1) is 12.1 Å². The van der Waals surface area contributed by atoms with Crippen LogP contribution in [0.5, 0.6) is 0 Å². The maximum atomic E-state index is 11.4. The van der Waals surface area contributed by atoms with Gasteiger partial charge in [-0.25, -0.2) is 14.8 Å². The minimum atomic E-state index is -0.493. The summed E-state index contributed by atoms with van der Waals surface area (Å²) < 4.78 is 5.78. The molecular formula is C11H9BrN2O2. The molecule has 2 aromatic rings. The minimum absolute atomic E-state index is 0.0941. The van der Waals surface area contributed by atoms with Crippen LogP contribution in [0.25, 0.3) is 10.9 Å². The zero-order valence-corrected chi connectivity index (χ0v) is 10.2. The average Bonchev–Trinajstić information content (AvgIpc) is 2.28. The predicted octanol–water partition coefficient (Wildman–Crippen LogP) is 2.57. The van der Waals surface area contributed by atoms with Gasteiger partial charge in [-0.2, -0.15) is 0 Å². The SMILES string of the molecule is CCOC(=O)c1ncc2cc(Br)ccc2n1. The number of fused-ring (bicyclic) bond motifs is 1. The van der Waals surface area contributed by atoms with Crippen molar-refractivity contribution in [3.63, 3.8) is 0 Å². The summed E-state index contributed by atoms with van der Waals surface area (Å²) in [5, 5.41) is 0.877. The van der Waals surface area contributed by atoms with Gasteiger partial charge in [0.1, 0.15) is 0 Å². The van der Waals surface area contributed by atoms with Gasteiger partial charge in [-0.1, -0.05) is 15.9 Å². The second-order valence-electron chi connectivity index (χ2n) is 3.12. The number of halogens is 1. The van der Waals surface area contributed by atoms with Crippen LogP contribution in [-0.2, 0) is 4.74 Å². The number of hydrogen-bond donors (Lipinski definition) is 0. The van der Waals surface area contributed by atoms with E-state index in [1.165, 1.54) is 0 Å². The molecule has 0 N–H and O–H groups in total. The summed E-state index contributed by atoms with van der Waals surface area (Å²) in [6.07, 6.45) is 1.61. The molecule has 0 saturated carbocycles. The van der Waals surface area contributed by atoms with Crippen molar-refractivity contribution in [1.82, 2.24) is 9.97 Å². The lowest BCUT2D eigenvalue weighted by Gasteiger charge is -2.02. The first-order valence-corrected chi connectivity index (χ1v) is 5.59. The normalized spacial score (nSPS) is 10.4. The van der Waals surface area contributed by atoms with E-state index in [4.69, 9.17) is 4.74 Å². The summed E-state index contributed by atoms with van der Waals surface area (Å²) in [5.41, 5.74) is 0.723. The van der Waals surface area contributed by atoms with E-state index < -0.39 is 5.97 Å². The second kappa shape index (κ2) is 4.57. The summed E-state index contributed by atoms with van der Waals surface area (Å²) in [7, 11) is 0. The van der Waals surface area contributed by atoms with Crippen molar-refractivity contribution in [2.45, 2.75) is 6.92 Å². The Kier molecular flexibility index (Phi) is 3.14. The Morgan fingerprint density at radius 2 is 2.31 bits per heavy atom. The fourth-order valence-electron chi connectivity index (χ4n) is 1.30. The highest BCUT2D eigenvalue weighted by molar-refractivity contribution is 9.10. The lowest BCUT2D eigenvalue weighted by molar-refractivity contribution is 0.0512. The fraction of sp³-hybridized carbons (Fsp3) is 0.182. The van der Waals surface area contributed by atoms with Gasteiger partial charge in [-0.3, -0.25) is 0 Å². The molecule has 0 aliphatic rings. The van der Waals surface area contributed by atoms with Crippen LogP contribution in [0.4, 0.5) is 0 Å². The van der Waals surface area contributed by atoms with Gasteiger partial charge in [0, 0.05) is 16.1 Å². The fourth-order valence-corrected chi connectivity index (χ4v) is 1.68. The monoisotopic (exact) mass is 280 g/mol. The number of carbonyl (C=O) groups excluding carboxylic acids is 1. The van der Waals surface area contributed by atoms with Gasteiger partial charge in [-0.05, 0) is 25.1 Å². The highest BCUT2D eigenvalue weighted by Crippen LogP contribution is 2.17. The molecule has 0 amide bonds. The minimum Gasteiger partial charge on any atom is -0.460 e. The van der Waals surface area contributed by atoms with Crippen molar-refractivity contribution in [3.05, 3.63) is 34.7 Å². The van der Waals surface area contributed by atoms with Gasteiger partial charge in [-0.15, -0.1) is 0 Å². The Labute approximate surface area is 101 Å². The number of benzene rings is 1. The highest BCUT2D eigenvalue weighted by Gasteiger charge is 2.10. The number of ether oxygens (including phenoxy) is 1. The van der Waals surface area contributed by atoms with E-state index in [0.29, 0.717) is 6.61 Å². The molecule has 0 atom stereocenters. The first-order chi connectivity index (χ1) is 7.70. The van der Waals surface area contributed by atoms with E-state index in [2.05, 4.69) is 25.9 Å². The van der Waals surface area contributed by atoms with Crippen molar-refractivity contribution in [3.8, 4) is 0 Å². The van der Waals surface area contributed by atoms with Crippen LogP contribution in [0.15, 0.2) is 28.9 Å². The molecule has 0 bridgehead atoms. The summed E-state index contributed by atoms with van der Waals surface area (Å²) >= 11 is 3.36. The standard InChI is InChI=1S/C11H9BrN2O2/c1-2-16-11(15)10-13-6-7-5-8(12)3-4-9(7)14-10/h3-6H,2H2,1H3. The number of nitrogens with zero attached hydrogens (tertiary/aromatic N) is 2. The summed E-state index contributed by atoms with van der Waals surface area (Å²) in [4.78, 5) is 19.5. The topological polar surface area (TPSA) is 52.1 Å². The van der Waals surface area contributed by atoms with Crippen LogP contribution in [0.1, 0.15) is 17.5 Å². The van der Waals surface area contributed by atoms with E-state index in [-0.39, 0.29) is 5.82 Å². The molecule has 16 heavy (non-hydrogen) atoms. The van der Waals surface area contributed by atoms with Gasteiger partial charge in [0.2, 0.25) is 5.82 Å². The van der Waals surface area contributed by atoms with Crippen molar-refractivity contribution < 1.29 is 9.53 Å².